The third kappa shape index (κ3) is 6.48. The van der Waals surface area contributed by atoms with Crippen LogP contribution in [0, 0.1) is 20.8 Å². The van der Waals surface area contributed by atoms with Crippen LogP contribution in [0.3, 0.4) is 0 Å². The second kappa shape index (κ2) is 16.1. The van der Waals surface area contributed by atoms with Gasteiger partial charge in [0.2, 0.25) is 0 Å². The first-order valence-electron chi connectivity index (χ1n) is 23.0. The van der Waals surface area contributed by atoms with Gasteiger partial charge in [-0.3, -0.25) is 0 Å². The average Bonchev–Trinajstić information content (AvgIpc) is 3.89. The average molecular weight is 846 g/mol. The minimum absolute atomic E-state index is 0.127. The topological polar surface area (TPSA) is 18.1 Å². The lowest BCUT2D eigenvalue weighted by atomic mass is 9.74. The first kappa shape index (κ1) is 39.4. The predicted molar refractivity (Wildman–Crippen MR) is 278 cm³/mol. The molecule has 0 saturated heterocycles. The number of fused-ring (bicyclic) bond motifs is 6. The quantitative estimate of drug-likeness (QED) is 0.139. The van der Waals surface area contributed by atoms with E-state index in [4.69, 9.17) is 4.42 Å². The molecule has 0 aliphatic heterocycles. The van der Waals surface area contributed by atoms with E-state index in [2.05, 4.69) is 244 Å². The highest BCUT2D eigenvalue weighted by molar-refractivity contribution is 6.18. The second-order valence-electron chi connectivity index (χ2n) is 17.7. The highest BCUT2D eigenvalue weighted by Gasteiger charge is 2.29. The van der Waals surface area contributed by atoms with Gasteiger partial charge in [-0.05, 0) is 135 Å². The lowest BCUT2D eigenvalue weighted by Crippen LogP contribution is -2.10. The molecule has 2 heteroatoms. The van der Waals surface area contributed by atoms with Gasteiger partial charge in [0.05, 0.1) is 11.0 Å². The number of rotatable bonds is 8. The molecule has 12 aromatic rings. The van der Waals surface area contributed by atoms with Crippen LogP contribution in [0.1, 0.15) is 39.3 Å². The standard InChI is InChI=1S/C64H47NO/c1-41-20-7-10-25-46(41)50-28-13-15-31-53(50)64(54-32-16-14-29-51(54)47-26-11-8-21-42(47)2)55-34-19-33-49(63(55)48-27-12-9-22-43(48)3)44-36-37-59-56(38-44)57-39-58-52-30-17-18-35-61(52)66-62(58)40-60(57)65(59)45-23-5-4-6-24-45/h4-40,64H,1-3H3. The Bertz CT molecular complexity index is 3720. The summed E-state index contributed by atoms with van der Waals surface area (Å²) in [6.45, 7) is 6.71. The van der Waals surface area contributed by atoms with E-state index in [1.165, 1.54) is 88.7 Å². The molecule has 0 aliphatic rings. The summed E-state index contributed by atoms with van der Waals surface area (Å²) in [6.07, 6.45) is 0. The van der Waals surface area contributed by atoms with Crippen LogP contribution in [0.2, 0.25) is 0 Å². The molecule has 2 heterocycles. The maximum atomic E-state index is 6.50. The number of hydrogen-bond acceptors (Lipinski definition) is 1. The van der Waals surface area contributed by atoms with E-state index in [0.29, 0.717) is 0 Å². The Morgan fingerprint density at radius 2 is 0.848 bits per heavy atom. The van der Waals surface area contributed by atoms with E-state index in [-0.39, 0.29) is 5.92 Å². The Labute approximate surface area is 385 Å². The van der Waals surface area contributed by atoms with E-state index < -0.39 is 0 Å². The molecule has 2 nitrogen and oxygen atoms in total. The summed E-state index contributed by atoms with van der Waals surface area (Å²) in [5.41, 5.74) is 22.6. The van der Waals surface area contributed by atoms with Crippen molar-refractivity contribution in [1.82, 2.24) is 4.57 Å². The van der Waals surface area contributed by atoms with E-state index in [0.717, 1.165) is 38.7 Å². The highest BCUT2D eigenvalue weighted by Crippen LogP contribution is 2.49. The Kier molecular flexibility index (Phi) is 9.61. The molecule has 0 unspecified atom stereocenters. The summed E-state index contributed by atoms with van der Waals surface area (Å²) in [6, 6.07) is 82.5. The summed E-state index contributed by atoms with van der Waals surface area (Å²) in [4.78, 5) is 0. The van der Waals surface area contributed by atoms with Gasteiger partial charge < -0.3 is 8.98 Å². The fraction of sp³-hybridized carbons (Fsp3) is 0.0625. The fourth-order valence-corrected chi connectivity index (χ4v) is 10.7. The zero-order valence-corrected chi connectivity index (χ0v) is 37.3. The zero-order chi connectivity index (χ0) is 44.3. The number of aryl methyl sites for hydroxylation is 3. The first-order chi connectivity index (χ1) is 32.5. The van der Waals surface area contributed by atoms with Crippen LogP contribution in [0.5, 0.6) is 0 Å². The van der Waals surface area contributed by atoms with E-state index in [1.807, 2.05) is 6.07 Å². The Hall–Kier alpha value is -8.20. The molecule has 2 aromatic heterocycles. The van der Waals surface area contributed by atoms with Crippen LogP contribution in [0.4, 0.5) is 0 Å². The number of benzene rings is 10. The summed E-state index contributed by atoms with van der Waals surface area (Å²) in [5, 5.41) is 4.65. The van der Waals surface area contributed by atoms with Crippen LogP contribution in [0.25, 0.3) is 93.9 Å². The van der Waals surface area contributed by atoms with Crippen molar-refractivity contribution >= 4 is 43.7 Å². The number of hydrogen-bond donors (Lipinski definition) is 0. The third-order valence-corrected chi connectivity index (χ3v) is 13.8. The van der Waals surface area contributed by atoms with Crippen molar-refractivity contribution in [2.75, 3.05) is 0 Å². The SMILES string of the molecule is Cc1ccccc1-c1ccccc1C(c1ccccc1-c1ccccc1C)c1cccc(-c2ccc3c(c2)c2cc4c(cc2n3-c2ccccc2)oc2ccccc24)c1-c1ccccc1C. The monoisotopic (exact) mass is 845 g/mol. The molecule has 0 spiro atoms. The molecule has 0 N–H and O–H groups in total. The van der Waals surface area contributed by atoms with Crippen LogP contribution < -0.4 is 0 Å². The number of nitrogens with zero attached hydrogens (tertiary/aromatic N) is 1. The minimum Gasteiger partial charge on any atom is -0.456 e. The molecule has 0 bridgehead atoms. The number of aromatic nitrogens is 1. The summed E-state index contributed by atoms with van der Waals surface area (Å²) in [5.74, 6) is -0.127. The Balaban J connectivity index is 1.17. The Morgan fingerprint density at radius 1 is 0.333 bits per heavy atom. The molecular formula is C64H47NO. The third-order valence-electron chi connectivity index (χ3n) is 13.8. The molecule has 314 valence electrons. The molecule has 0 saturated carbocycles. The van der Waals surface area contributed by atoms with Gasteiger partial charge in [0, 0.05) is 39.2 Å². The normalized spacial score (nSPS) is 11.7. The van der Waals surface area contributed by atoms with Crippen molar-refractivity contribution in [3.8, 4) is 50.2 Å². The van der Waals surface area contributed by atoms with Gasteiger partial charge in [0.15, 0.2) is 0 Å². The maximum absolute atomic E-state index is 6.50. The second-order valence-corrected chi connectivity index (χ2v) is 17.7. The molecule has 0 fully saturated rings. The van der Waals surface area contributed by atoms with E-state index >= 15 is 0 Å². The largest absolute Gasteiger partial charge is 0.456 e. The molecule has 0 radical (unpaired) electrons. The van der Waals surface area contributed by atoms with Crippen molar-refractivity contribution in [1.29, 1.82) is 0 Å². The summed E-state index contributed by atoms with van der Waals surface area (Å²) >= 11 is 0. The smallest absolute Gasteiger partial charge is 0.137 e. The van der Waals surface area contributed by atoms with Gasteiger partial charge in [0.25, 0.3) is 0 Å². The molecule has 0 aliphatic carbocycles. The van der Waals surface area contributed by atoms with Crippen molar-refractivity contribution < 1.29 is 4.42 Å². The molecule has 66 heavy (non-hydrogen) atoms. The summed E-state index contributed by atoms with van der Waals surface area (Å²) < 4.78 is 8.89. The first-order valence-corrected chi connectivity index (χ1v) is 23.0. The molecule has 12 rings (SSSR count). The number of para-hydroxylation sites is 2. The fourth-order valence-electron chi connectivity index (χ4n) is 10.7. The van der Waals surface area contributed by atoms with Gasteiger partial charge in [-0.25, -0.2) is 0 Å². The van der Waals surface area contributed by atoms with Gasteiger partial charge in [-0.15, -0.1) is 0 Å². The molecule has 10 aromatic carbocycles. The molecular weight excluding hydrogens is 799 g/mol. The van der Waals surface area contributed by atoms with Crippen molar-refractivity contribution in [2.45, 2.75) is 26.7 Å². The van der Waals surface area contributed by atoms with Crippen molar-refractivity contribution in [3.05, 3.63) is 258 Å². The van der Waals surface area contributed by atoms with Gasteiger partial charge in [0.1, 0.15) is 11.2 Å². The highest BCUT2D eigenvalue weighted by atomic mass is 16.3. The van der Waals surface area contributed by atoms with Gasteiger partial charge >= 0.3 is 0 Å². The van der Waals surface area contributed by atoms with Crippen LogP contribution in [-0.4, -0.2) is 4.57 Å². The molecule has 0 atom stereocenters. The Morgan fingerprint density at radius 3 is 1.50 bits per heavy atom. The van der Waals surface area contributed by atoms with E-state index in [9.17, 15) is 0 Å². The van der Waals surface area contributed by atoms with Crippen molar-refractivity contribution in [3.63, 3.8) is 0 Å². The van der Waals surface area contributed by atoms with E-state index in [1.54, 1.807) is 0 Å². The minimum atomic E-state index is -0.127. The lowest BCUT2D eigenvalue weighted by Gasteiger charge is -2.29. The van der Waals surface area contributed by atoms with Crippen LogP contribution >= 0.6 is 0 Å². The molecule has 0 amide bonds. The van der Waals surface area contributed by atoms with Crippen LogP contribution in [0.15, 0.2) is 229 Å². The van der Waals surface area contributed by atoms with Gasteiger partial charge in [-0.1, -0.05) is 182 Å². The maximum Gasteiger partial charge on any atom is 0.137 e. The summed E-state index contributed by atoms with van der Waals surface area (Å²) in [7, 11) is 0. The van der Waals surface area contributed by atoms with Crippen LogP contribution in [-0.2, 0) is 0 Å². The predicted octanol–water partition coefficient (Wildman–Crippen LogP) is 17.5. The number of furan rings is 1. The zero-order valence-electron chi connectivity index (χ0n) is 37.3. The lowest BCUT2D eigenvalue weighted by molar-refractivity contribution is 0.669. The van der Waals surface area contributed by atoms with Gasteiger partial charge in [-0.2, -0.15) is 0 Å². The van der Waals surface area contributed by atoms with Crippen molar-refractivity contribution in [2.24, 2.45) is 0 Å².